The molecule has 0 radical (unpaired) electrons. The number of nitrogens with zero attached hydrogens (tertiary/aromatic N) is 2. The van der Waals surface area contributed by atoms with Crippen LogP contribution in [0.4, 0.5) is 9.52 Å². The molecule has 6 nitrogen and oxygen atoms in total. The van der Waals surface area contributed by atoms with Crippen molar-refractivity contribution in [1.82, 2.24) is 9.97 Å². The van der Waals surface area contributed by atoms with Crippen molar-refractivity contribution >= 4 is 33.2 Å². The van der Waals surface area contributed by atoms with Gasteiger partial charge in [0.2, 0.25) is 5.95 Å². The molecule has 0 unspecified atom stereocenters. The van der Waals surface area contributed by atoms with Gasteiger partial charge in [0.1, 0.15) is 0 Å². The number of halogens is 1. The summed E-state index contributed by atoms with van der Waals surface area (Å²) in [5.41, 5.74) is 8.78. The summed E-state index contributed by atoms with van der Waals surface area (Å²) in [6.07, 6.45) is 3.98. The van der Waals surface area contributed by atoms with Crippen molar-refractivity contribution in [1.29, 1.82) is 0 Å². The number of hydrogen-bond donors (Lipinski definition) is 2. The zero-order valence-electron chi connectivity index (χ0n) is 16.8. The Morgan fingerprint density at radius 3 is 2.71 bits per heavy atom. The predicted molar refractivity (Wildman–Crippen MR) is 121 cm³/mol. The first kappa shape index (κ1) is 20.9. The van der Waals surface area contributed by atoms with Gasteiger partial charge in [-0.2, -0.15) is 4.39 Å². The SMILES string of the molecule is COC(=O)c1ccc(C[C@H](N)CNc2ncc(-c3ccc4cnc(F)cc4c3)s2)cc1. The second-order valence-electron chi connectivity index (χ2n) is 7.13. The average Bonchev–Trinajstić information content (AvgIpc) is 3.26. The van der Waals surface area contributed by atoms with Crippen LogP contribution in [0.25, 0.3) is 21.2 Å². The fourth-order valence-corrected chi connectivity index (χ4v) is 4.06. The van der Waals surface area contributed by atoms with Crippen molar-refractivity contribution in [2.75, 3.05) is 19.0 Å². The molecule has 31 heavy (non-hydrogen) atoms. The van der Waals surface area contributed by atoms with Crippen LogP contribution in [0, 0.1) is 5.95 Å². The summed E-state index contributed by atoms with van der Waals surface area (Å²) in [5.74, 6) is -0.851. The zero-order valence-corrected chi connectivity index (χ0v) is 17.7. The highest BCUT2D eigenvalue weighted by Gasteiger charge is 2.10. The van der Waals surface area contributed by atoms with Gasteiger partial charge in [-0.05, 0) is 41.1 Å². The van der Waals surface area contributed by atoms with Gasteiger partial charge >= 0.3 is 5.97 Å². The maximum Gasteiger partial charge on any atom is 0.337 e. The van der Waals surface area contributed by atoms with E-state index in [0.717, 1.165) is 31.9 Å². The number of ether oxygens (including phenoxy) is 1. The molecule has 0 saturated heterocycles. The Morgan fingerprint density at radius 1 is 1.13 bits per heavy atom. The average molecular weight is 437 g/mol. The molecule has 0 amide bonds. The van der Waals surface area contributed by atoms with Gasteiger partial charge < -0.3 is 15.8 Å². The molecule has 0 bridgehead atoms. The Hall–Kier alpha value is -3.36. The molecule has 0 saturated carbocycles. The minimum Gasteiger partial charge on any atom is -0.465 e. The zero-order chi connectivity index (χ0) is 21.8. The van der Waals surface area contributed by atoms with E-state index in [2.05, 4.69) is 15.3 Å². The molecule has 0 aliphatic heterocycles. The van der Waals surface area contributed by atoms with Crippen molar-refractivity contribution in [2.24, 2.45) is 5.73 Å². The minimum atomic E-state index is -0.495. The lowest BCUT2D eigenvalue weighted by molar-refractivity contribution is 0.0600. The van der Waals surface area contributed by atoms with E-state index in [-0.39, 0.29) is 12.0 Å². The molecule has 2 aromatic heterocycles. The van der Waals surface area contributed by atoms with Crippen LogP contribution in [0.2, 0.25) is 0 Å². The van der Waals surface area contributed by atoms with Crippen LogP contribution in [0.5, 0.6) is 0 Å². The Balaban J connectivity index is 1.36. The number of carbonyl (C=O) groups is 1. The highest BCUT2D eigenvalue weighted by molar-refractivity contribution is 7.18. The molecule has 2 aromatic carbocycles. The van der Waals surface area contributed by atoms with Gasteiger partial charge in [0, 0.05) is 36.4 Å². The van der Waals surface area contributed by atoms with Crippen LogP contribution in [-0.2, 0) is 11.2 Å². The second-order valence-corrected chi connectivity index (χ2v) is 8.16. The normalized spacial score (nSPS) is 12.0. The van der Waals surface area contributed by atoms with Gasteiger partial charge in [-0.3, -0.25) is 0 Å². The number of carbonyl (C=O) groups excluding carboxylic acids is 1. The lowest BCUT2D eigenvalue weighted by Gasteiger charge is -2.12. The third-order valence-corrected chi connectivity index (χ3v) is 5.87. The molecule has 4 aromatic rings. The van der Waals surface area contributed by atoms with Gasteiger partial charge in [0.05, 0.1) is 17.6 Å². The number of anilines is 1. The number of aromatic nitrogens is 2. The maximum absolute atomic E-state index is 13.4. The number of fused-ring (bicyclic) bond motifs is 1. The van der Waals surface area contributed by atoms with Crippen LogP contribution >= 0.6 is 11.3 Å². The van der Waals surface area contributed by atoms with Gasteiger partial charge in [-0.25, -0.2) is 14.8 Å². The minimum absolute atomic E-state index is 0.118. The molecule has 158 valence electrons. The van der Waals surface area contributed by atoms with E-state index in [9.17, 15) is 9.18 Å². The number of thiazole rings is 1. The van der Waals surface area contributed by atoms with Crippen molar-refractivity contribution in [3.05, 3.63) is 78.0 Å². The Kier molecular flexibility index (Phi) is 6.20. The third kappa shape index (κ3) is 5.04. The highest BCUT2D eigenvalue weighted by Crippen LogP contribution is 2.31. The second kappa shape index (κ2) is 9.20. The lowest BCUT2D eigenvalue weighted by Crippen LogP contribution is -2.31. The van der Waals surface area contributed by atoms with E-state index in [1.807, 2.05) is 30.3 Å². The quantitative estimate of drug-likeness (QED) is 0.332. The number of benzene rings is 2. The van der Waals surface area contributed by atoms with Crippen molar-refractivity contribution in [2.45, 2.75) is 12.5 Å². The van der Waals surface area contributed by atoms with E-state index in [4.69, 9.17) is 10.5 Å². The van der Waals surface area contributed by atoms with Gasteiger partial charge in [-0.1, -0.05) is 35.6 Å². The molecule has 0 aliphatic rings. The van der Waals surface area contributed by atoms with Crippen LogP contribution in [0.3, 0.4) is 0 Å². The van der Waals surface area contributed by atoms with E-state index in [1.165, 1.54) is 30.7 Å². The first-order chi connectivity index (χ1) is 15.0. The monoisotopic (exact) mass is 436 g/mol. The number of rotatable bonds is 7. The molecule has 8 heteroatoms. The number of methoxy groups -OCH3 is 1. The molecule has 1 atom stereocenters. The summed E-state index contributed by atoms with van der Waals surface area (Å²) in [6, 6.07) is 14.4. The molecule has 2 heterocycles. The summed E-state index contributed by atoms with van der Waals surface area (Å²) in [4.78, 5) is 20.6. The Labute approximate surface area is 182 Å². The van der Waals surface area contributed by atoms with E-state index in [1.54, 1.807) is 18.3 Å². The summed E-state index contributed by atoms with van der Waals surface area (Å²) in [6.45, 7) is 0.556. The van der Waals surface area contributed by atoms with Gasteiger partial charge in [0.15, 0.2) is 5.13 Å². The summed E-state index contributed by atoms with van der Waals surface area (Å²) in [7, 11) is 1.36. The van der Waals surface area contributed by atoms with E-state index in [0.29, 0.717) is 18.5 Å². The largest absolute Gasteiger partial charge is 0.465 e. The third-order valence-electron chi connectivity index (χ3n) is 4.87. The van der Waals surface area contributed by atoms with Crippen molar-refractivity contribution in [3.63, 3.8) is 0 Å². The molecule has 0 fully saturated rings. The highest BCUT2D eigenvalue weighted by atomic mass is 32.1. The number of hydrogen-bond acceptors (Lipinski definition) is 7. The molecule has 0 spiro atoms. The first-order valence-electron chi connectivity index (χ1n) is 9.70. The smallest absolute Gasteiger partial charge is 0.337 e. The number of pyridine rings is 1. The number of nitrogens with two attached hydrogens (primary N) is 1. The number of esters is 1. The van der Waals surface area contributed by atoms with E-state index >= 15 is 0 Å². The van der Waals surface area contributed by atoms with Crippen molar-refractivity contribution in [3.8, 4) is 10.4 Å². The number of nitrogens with one attached hydrogen (secondary N) is 1. The van der Waals surface area contributed by atoms with Crippen LogP contribution in [-0.4, -0.2) is 35.6 Å². The van der Waals surface area contributed by atoms with Crippen LogP contribution in [0.15, 0.2) is 60.9 Å². The standard InChI is InChI=1S/C23H21FN4O2S/c1-30-22(29)15-4-2-14(3-5-15)8-19(25)12-27-23-28-13-20(31-23)16-6-7-17-11-26-21(24)10-18(17)9-16/h2-7,9-11,13,19H,8,12,25H2,1H3,(H,27,28)/t19-/m0/s1. The van der Waals surface area contributed by atoms with Gasteiger partial charge in [0.25, 0.3) is 0 Å². The molecule has 4 rings (SSSR count). The topological polar surface area (TPSA) is 90.1 Å². The molecule has 0 aliphatic carbocycles. The lowest BCUT2D eigenvalue weighted by atomic mass is 10.0. The van der Waals surface area contributed by atoms with Crippen LogP contribution in [0.1, 0.15) is 15.9 Å². The fraction of sp³-hybridized carbons (Fsp3) is 0.174. The maximum atomic E-state index is 13.4. The molecular formula is C23H21FN4O2S. The fourth-order valence-electron chi connectivity index (χ4n) is 3.24. The summed E-state index contributed by atoms with van der Waals surface area (Å²) in [5, 5.41) is 5.74. The van der Waals surface area contributed by atoms with Crippen LogP contribution < -0.4 is 11.1 Å². The predicted octanol–water partition coefficient (Wildman–Crippen LogP) is 4.27. The Morgan fingerprint density at radius 2 is 1.94 bits per heavy atom. The molecular weight excluding hydrogens is 415 g/mol. The first-order valence-corrected chi connectivity index (χ1v) is 10.5. The summed E-state index contributed by atoms with van der Waals surface area (Å²) < 4.78 is 18.1. The Bertz CT molecular complexity index is 1210. The molecule has 3 N–H and O–H groups in total. The van der Waals surface area contributed by atoms with E-state index < -0.39 is 5.95 Å². The van der Waals surface area contributed by atoms with Gasteiger partial charge in [-0.15, -0.1) is 0 Å². The van der Waals surface area contributed by atoms with Crippen molar-refractivity contribution < 1.29 is 13.9 Å². The summed E-state index contributed by atoms with van der Waals surface area (Å²) >= 11 is 1.52.